The highest BCUT2D eigenvalue weighted by molar-refractivity contribution is 6.39. The fraction of sp³-hybridized carbons (Fsp3) is 0.0588. The average molecular weight is 429 g/mol. The first-order valence-electron chi connectivity index (χ1n) is 12.2. The van der Waals surface area contributed by atoms with Gasteiger partial charge in [0.25, 0.3) is 0 Å². The first-order chi connectivity index (χ1) is 16.9. The van der Waals surface area contributed by atoms with E-state index in [1.165, 1.54) is 81.7 Å². The third-order valence-corrected chi connectivity index (χ3v) is 8.47. The van der Waals surface area contributed by atoms with Crippen molar-refractivity contribution in [1.29, 1.82) is 0 Å². The smallest absolute Gasteiger partial charge is 0.0149 e. The van der Waals surface area contributed by atoms with Crippen molar-refractivity contribution in [2.75, 3.05) is 0 Å². The van der Waals surface area contributed by atoms with Gasteiger partial charge in [0.1, 0.15) is 0 Å². The Labute approximate surface area is 197 Å². The van der Waals surface area contributed by atoms with Gasteiger partial charge in [0.2, 0.25) is 0 Å². The summed E-state index contributed by atoms with van der Waals surface area (Å²) in [5.74, 6) is 0.408. The summed E-state index contributed by atoms with van der Waals surface area (Å²) in [5.41, 5.74) is 7.24. The van der Waals surface area contributed by atoms with Gasteiger partial charge in [-0.1, -0.05) is 103 Å². The maximum Gasteiger partial charge on any atom is 0.0149 e. The molecular formula is C34H20. The van der Waals surface area contributed by atoms with Crippen molar-refractivity contribution < 1.29 is 0 Å². The molecule has 0 bridgehead atoms. The zero-order valence-electron chi connectivity index (χ0n) is 18.6. The fourth-order valence-corrected chi connectivity index (χ4v) is 7.29. The molecule has 0 spiro atoms. The third-order valence-electron chi connectivity index (χ3n) is 8.47. The van der Waals surface area contributed by atoms with Crippen LogP contribution in [0.25, 0.3) is 71.1 Å². The molecule has 0 heteroatoms. The molecule has 0 radical (unpaired) electrons. The first kappa shape index (κ1) is 17.3. The Kier molecular flexibility index (Phi) is 2.98. The number of allylic oxidation sites excluding steroid dienone is 1. The van der Waals surface area contributed by atoms with E-state index in [1.54, 1.807) is 0 Å². The summed E-state index contributed by atoms with van der Waals surface area (Å²) in [4.78, 5) is 0. The number of benzene rings is 7. The molecule has 2 aliphatic rings. The molecule has 1 unspecified atom stereocenters. The van der Waals surface area contributed by atoms with Gasteiger partial charge in [-0.15, -0.1) is 0 Å². The van der Waals surface area contributed by atoms with Crippen LogP contribution in [0.15, 0.2) is 97.1 Å². The summed E-state index contributed by atoms with van der Waals surface area (Å²) in [5, 5.41) is 14.0. The van der Waals surface area contributed by atoms with Gasteiger partial charge in [-0.25, -0.2) is 0 Å². The van der Waals surface area contributed by atoms with Crippen LogP contribution in [0, 0.1) is 0 Å². The molecule has 9 rings (SSSR count). The Morgan fingerprint density at radius 1 is 0.471 bits per heavy atom. The number of rotatable bonds is 0. The Balaban J connectivity index is 1.66. The SMILES string of the molecule is C1=Cc2cccc3c2C(C1)c1c2cccc4c5cccc6cccc(c65)c(c5cccc-3c15)c24. The molecule has 0 amide bonds. The van der Waals surface area contributed by atoms with Gasteiger partial charge in [-0.3, -0.25) is 0 Å². The van der Waals surface area contributed by atoms with Gasteiger partial charge in [0.05, 0.1) is 0 Å². The van der Waals surface area contributed by atoms with Crippen LogP contribution < -0.4 is 0 Å². The summed E-state index contributed by atoms with van der Waals surface area (Å²) in [6, 6.07) is 34.4. The minimum absolute atomic E-state index is 0.408. The van der Waals surface area contributed by atoms with E-state index in [0.29, 0.717) is 5.92 Å². The molecule has 0 fully saturated rings. The molecule has 2 aliphatic carbocycles. The predicted octanol–water partition coefficient (Wildman–Crippen LogP) is 9.42. The first-order valence-corrected chi connectivity index (χ1v) is 12.2. The van der Waals surface area contributed by atoms with E-state index in [0.717, 1.165) is 6.42 Å². The van der Waals surface area contributed by atoms with Crippen molar-refractivity contribution in [2.24, 2.45) is 0 Å². The number of hydrogen-bond acceptors (Lipinski definition) is 0. The molecule has 1 atom stereocenters. The van der Waals surface area contributed by atoms with Crippen LogP contribution in [0.5, 0.6) is 0 Å². The largest absolute Gasteiger partial charge is 0.0830 e. The minimum atomic E-state index is 0.408. The monoisotopic (exact) mass is 428 g/mol. The molecule has 0 aliphatic heterocycles. The highest BCUT2D eigenvalue weighted by Crippen LogP contribution is 2.55. The summed E-state index contributed by atoms with van der Waals surface area (Å²) in [6.45, 7) is 0. The van der Waals surface area contributed by atoms with Gasteiger partial charge < -0.3 is 0 Å². The maximum absolute atomic E-state index is 2.38. The highest BCUT2D eigenvalue weighted by atomic mass is 14.3. The summed E-state index contributed by atoms with van der Waals surface area (Å²) < 4.78 is 0. The molecule has 156 valence electrons. The molecule has 0 heterocycles. The van der Waals surface area contributed by atoms with Crippen LogP contribution >= 0.6 is 0 Å². The standard InChI is InChI=1S/C34H20/c1-7-19-9-3-15-25-29(19)21(11-1)23-13-5-17-27-31(23)33(25)28-18-6-14-24-22-12-2-8-20-10-4-16-26(30(20)22)34(27)32(24)28/h1-15,17-18,26H,16H2. The van der Waals surface area contributed by atoms with Crippen molar-refractivity contribution in [1.82, 2.24) is 0 Å². The average Bonchev–Trinajstić information content (AvgIpc) is 2.90. The Morgan fingerprint density at radius 3 is 1.97 bits per heavy atom. The van der Waals surface area contributed by atoms with E-state index in [2.05, 4.69) is 103 Å². The number of hydrogen-bond donors (Lipinski definition) is 0. The number of fused-ring (bicyclic) bond motifs is 6. The second kappa shape index (κ2) is 5.85. The zero-order chi connectivity index (χ0) is 22.0. The highest BCUT2D eigenvalue weighted by Gasteiger charge is 2.32. The van der Waals surface area contributed by atoms with Crippen LogP contribution in [0.4, 0.5) is 0 Å². The lowest BCUT2D eigenvalue weighted by Gasteiger charge is -2.33. The van der Waals surface area contributed by atoms with Crippen LogP contribution in [0.2, 0.25) is 0 Å². The Bertz CT molecular complexity index is 2030. The third kappa shape index (κ3) is 1.86. The maximum atomic E-state index is 2.38. The molecule has 0 aromatic heterocycles. The van der Waals surface area contributed by atoms with Crippen molar-refractivity contribution >= 4 is 59.9 Å². The summed E-state index contributed by atoms with van der Waals surface area (Å²) >= 11 is 0. The summed E-state index contributed by atoms with van der Waals surface area (Å²) in [7, 11) is 0. The van der Waals surface area contributed by atoms with Crippen LogP contribution in [-0.2, 0) is 0 Å². The molecule has 0 saturated carbocycles. The van der Waals surface area contributed by atoms with E-state index in [-0.39, 0.29) is 0 Å². The van der Waals surface area contributed by atoms with Crippen molar-refractivity contribution in [3.05, 3.63) is 114 Å². The van der Waals surface area contributed by atoms with E-state index in [9.17, 15) is 0 Å². The zero-order valence-corrected chi connectivity index (χ0v) is 18.6. The van der Waals surface area contributed by atoms with E-state index in [4.69, 9.17) is 0 Å². The molecule has 34 heavy (non-hydrogen) atoms. The van der Waals surface area contributed by atoms with Crippen molar-refractivity contribution in [3.8, 4) is 11.1 Å². The van der Waals surface area contributed by atoms with Gasteiger partial charge in [-0.05, 0) is 88.1 Å². The van der Waals surface area contributed by atoms with Gasteiger partial charge in [0, 0.05) is 5.92 Å². The lowest BCUT2D eigenvalue weighted by molar-refractivity contribution is 0.831. The molecule has 7 aromatic rings. The second-order valence-electron chi connectivity index (χ2n) is 9.95. The Morgan fingerprint density at radius 2 is 1.09 bits per heavy atom. The molecule has 0 nitrogen and oxygen atoms in total. The summed E-state index contributed by atoms with van der Waals surface area (Å²) in [6.07, 6.45) is 5.77. The lowest BCUT2D eigenvalue weighted by atomic mass is 9.69. The molecule has 0 N–H and O–H groups in total. The predicted molar refractivity (Wildman–Crippen MR) is 146 cm³/mol. The van der Waals surface area contributed by atoms with Gasteiger partial charge >= 0.3 is 0 Å². The van der Waals surface area contributed by atoms with Crippen LogP contribution in [0.1, 0.15) is 29.0 Å². The molecular weight excluding hydrogens is 408 g/mol. The quantitative estimate of drug-likeness (QED) is 0.167. The van der Waals surface area contributed by atoms with Crippen LogP contribution in [-0.4, -0.2) is 0 Å². The van der Waals surface area contributed by atoms with Crippen molar-refractivity contribution in [3.63, 3.8) is 0 Å². The van der Waals surface area contributed by atoms with E-state index >= 15 is 0 Å². The second-order valence-corrected chi connectivity index (χ2v) is 9.95. The fourth-order valence-electron chi connectivity index (χ4n) is 7.29. The minimum Gasteiger partial charge on any atom is -0.0830 e. The molecule has 7 aromatic carbocycles. The van der Waals surface area contributed by atoms with Gasteiger partial charge in [-0.2, -0.15) is 0 Å². The van der Waals surface area contributed by atoms with E-state index < -0.39 is 0 Å². The van der Waals surface area contributed by atoms with E-state index in [1.807, 2.05) is 0 Å². The normalized spacial score (nSPS) is 16.3. The lowest BCUT2D eigenvalue weighted by Crippen LogP contribution is -2.13. The topological polar surface area (TPSA) is 0 Å². The van der Waals surface area contributed by atoms with Crippen LogP contribution in [0.3, 0.4) is 0 Å². The Hall–Kier alpha value is -4.16. The van der Waals surface area contributed by atoms with Crippen molar-refractivity contribution in [2.45, 2.75) is 12.3 Å². The molecule has 0 saturated heterocycles. The van der Waals surface area contributed by atoms with Gasteiger partial charge in [0.15, 0.2) is 0 Å².